The van der Waals surface area contributed by atoms with Crippen molar-refractivity contribution in [2.45, 2.75) is 24.8 Å². The monoisotopic (exact) mass is 326 g/mol. The maximum Gasteiger partial charge on any atom is 0.317 e. The summed E-state index contributed by atoms with van der Waals surface area (Å²) in [6.45, 7) is 0.652. The minimum Gasteiger partial charge on any atom is -0.481 e. The lowest BCUT2D eigenvalue weighted by molar-refractivity contribution is -0.141. The topological polar surface area (TPSA) is 69.6 Å². The molecule has 1 unspecified atom stereocenters. The lowest BCUT2D eigenvalue weighted by atomic mass is 10.1. The summed E-state index contributed by atoms with van der Waals surface area (Å²) >= 11 is 6.02. The molecule has 3 atom stereocenters. The molecule has 1 saturated carbocycles. The van der Waals surface area contributed by atoms with E-state index in [1.54, 1.807) is 12.1 Å². The first-order chi connectivity index (χ1) is 10.5. The van der Waals surface area contributed by atoms with E-state index in [4.69, 9.17) is 16.7 Å². The van der Waals surface area contributed by atoms with E-state index in [-0.39, 0.29) is 30.4 Å². The van der Waals surface area contributed by atoms with Gasteiger partial charge >= 0.3 is 12.0 Å². The molecule has 1 heterocycles. The maximum absolute atomic E-state index is 13.8. The average Bonchev–Trinajstić information content (AvgIpc) is 3.02. The number of nitrogens with one attached hydrogen (secondary N) is 1. The molecule has 0 bridgehead atoms. The number of carbonyl (C=O) groups is 2. The van der Waals surface area contributed by atoms with Gasteiger partial charge in [0.2, 0.25) is 0 Å². The van der Waals surface area contributed by atoms with Crippen molar-refractivity contribution in [3.05, 3.63) is 34.6 Å². The van der Waals surface area contributed by atoms with Crippen LogP contribution in [0.15, 0.2) is 18.2 Å². The highest BCUT2D eigenvalue weighted by atomic mass is 35.5. The molecule has 118 valence electrons. The summed E-state index contributed by atoms with van der Waals surface area (Å²) in [6.07, 6.45) is 1.11. The Kier molecular flexibility index (Phi) is 3.95. The molecule has 3 rings (SSSR count). The second kappa shape index (κ2) is 5.76. The Morgan fingerprint density at radius 3 is 2.82 bits per heavy atom. The molecule has 2 aliphatic rings. The number of aliphatic carboxylic acids is 1. The van der Waals surface area contributed by atoms with Crippen LogP contribution in [0.25, 0.3) is 0 Å². The number of urea groups is 1. The van der Waals surface area contributed by atoms with Crippen LogP contribution in [0.2, 0.25) is 5.02 Å². The second-order valence-corrected chi connectivity index (χ2v) is 6.21. The zero-order valence-electron chi connectivity index (χ0n) is 11.8. The van der Waals surface area contributed by atoms with Crippen molar-refractivity contribution in [3.63, 3.8) is 0 Å². The summed E-state index contributed by atoms with van der Waals surface area (Å²) in [5.41, 5.74) is 0.444. The van der Waals surface area contributed by atoms with E-state index in [0.717, 1.165) is 0 Å². The number of likely N-dealkylation sites (tertiary alicyclic amines) is 1. The van der Waals surface area contributed by atoms with Gasteiger partial charge in [0.15, 0.2) is 0 Å². The number of amides is 2. The molecule has 1 aliphatic heterocycles. The number of hydrogen-bond donors (Lipinski definition) is 2. The first-order valence-electron chi connectivity index (χ1n) is 7.19. The van der Waals surface area contributed by atoms with Crippen LogP contribution < -0.4 is 5.32 Å². The van der Waals surface area contributed by atoms with Crippen LogP contribution in [0, 0.1) is 11.7 Å². The smallest absolute Gasteiger partial charge is 0.317 e. The second-order valence-electron chi connectivity index (χ2n) is 5.80. The fourth-order valence-electron chi connectivity index (χ4n) is 2.93. The van der Waals surface area contributed by atoms with Crippen LogP contribution >= 0.6 is 11.6 Å². The predicted octanol–water partition coefficient (Wildman–Crippen LogP) is 2.45. The van der Waals surface area contributed by atoms with Crippen LogP contribution in [-0.2, 0) is 4.79 Å². The molecular formula is C15H16ClFN2O3. The van der Waals surface area contributed by atoms with Crippen LogP contribution in [0.1, 0.15) is 24.3 Å². The van der Waals surface area contributed by atoms with Crippen LogP contribution in [0.5, 0.6) is 0 Å². The Morgan fingerprint density at radius 1 is 1.41 bits per heavy atom. The first kappa shape index (κ1) is 15.1. The normalized spacial score (nSPS) is 26.8. The van der Waals surface area contributed by atoms with Crippen molar-refractivity contribution in [2.24, 2.45) is 5.92 Å². The Morgan fingerprint density at radius 2 is 2.18 bits per heavy atom. The van der Waals surface area contributed by atoms with Gasteiger partial charge in [0.25, 0.3) is 0 Å². The van der Waals surface area contributed by atoms with E-state index in [0.29, 0.717) is 30.0 Å². The van der Waals surface area contributed by atoms with Gasteiger partial charge in [-0.1, -0.05) is 17.7 Å². The molecular weight excluding hydrogens is 311 g/mol. The van der Waals surface area contributed by atoms with Gasteiger partial charge in [0.1, 0.15) is 5.82 Å². The van der Waals surface area contributed by atoms with Gasteiger partial charge in [-0.3, -0.25) is 4.79 Å². The van der Waals surface area contributed by atoms with Crippen molar-refractivity contribution < 1.29 is 19.1 Å². The minimum absolute atomic E-state index is 0.115. The molecule has 1 saturated heterocycles. The largest absolute Gasteiger partial charge is 0.481 e. The number of nitrogens with zero attached hydrogens (tertiary/aromatic N) is 1. The maximum atomic E-state index is 13.8. The van der Waals surface area contributed by atoms with Gasteiger partial charge in [-0.05, 0) is 25.0 Å². The van der Waals surface area contributed by atoms with E-state index in [1.807, 2.05) is 0 Å². The summed E-state index contributed by atoms with van der Waals surface area (Å²) in [4.78, 5) is 24.5. The third kappa shape index (κ3) is 2.88. The van der Waals surface area contributed by atoms with Crippen LogP contribution in [0.4, 0.5) is 9.18 Å². The lowest BCUT2D eigenvalue weighted by Crippen LogP contribution is -2.40. The van der Waals surface area contributed by atoms with Crippen molar-refractivity contribution in [1.82, 2.24) is 10.2 Å². The third-order valence-electron chi connectivity index (χ3n) is 4.29. The van der Waals surface area contributed by atoms with Gasteiger partial charge < -0.3 is 15.3 Å². The molecule has 0 spiro atoms. The molecule has 2 amide bonds. The first-order valence-corrected chi connectivity index (χ1v) is 7.57. The van der Waals surface area contributed by atoms with E-state index < -0.39 is 11.9 Å². The SMILES string of the molecule is O=C(O)C1CCN(C(=O)N[C@@H]2C[C@H]2c2c(F)cccc2Cl)C1. The van der Waals surface area contributed by atoms with Gasteiger partial charge in [0.05, 0.1) is 5.92 Å². The average molecular weight is 327 g/mol. The van der Waals surface area contributed by atoms with Crippen molar-refractivity contribution in [2.75, 3.05) is 13.1 Å². The highest BCUT2D eigenvalue weighted by Crippen LogP contribution is 2.45. The van der Waals surface area contributed by atoms with Gasteiger partial charge in [-0.25, -0.2) is 9.18 Å². The molecule has 22 heavy (non-hydrogen) atoms. The molecule has 1 aliphatic carbocycles. The van der Waals surface area contributed by atoms with Crippen LogP contribution in [-0.4, -0.2) is 41.1 Å². The molecule has 1 aromatic carbocycles. The number of carbonyl (C=O) groups excluding carboxylic acids is 1. The zero-order valence-corrected chi connectivity index (χ0v) is 12.5. The van der Waals surface area contributed by atoms with E-state index in [2.05, 4.69) is 5.32 Å². The fraction of sp³-hybridized carbons (Fsp3) is 0.467. The predicted molar refractivity (Wildman–Crippen MR) is 78.4 cm³/mol. The molecule has 0 aromatic heterocycles. The quantitative estimate of drug-likeness (QED) is 0.896. The lowest BCUT2D eigenvalue weighted by Gasteiger charge is -2.17. The number of hydrogen-bond acceptors (Lipinski definition) is 2. The van der Waals surface area contributed by atoms with Crippen molar-refractivity contribution >= 4 is 23.6 Å². The number of halogens is 2. The van der Waals surface area contributed by atoms with Crippen LogP contribution in [0.3, 0.4) is 0 Å². The Balaban J connectivity index is 1.58. The summed E-state index contributed by atoms with van der Waals surface area (Å²) in [6, 6.07) is 4.10. The number of benzene rings is 1. The minimum atomic E-state index is -0.877. The highest BCUT2D eigenvalue weighted by molar-refractivity contribution is 6.31. The number of carboxylic acid groups (broad SMARTS) is 1. The zero-order chi connectivity index (χ0) is 15.9. The van der Waals surface area contributed by atoms with Crippen molar-refractivity contribution in [1.29, 1.82) is 0 Å². The third-order valence-corrected chi connectivity index (χ3v) is 4.62. The van der Waals surface area contributed by atoms with Crippen molar-refractivity contribution in [3.8, 4) is 0 Å². The molecule has 0 radical (unpaired) electrons. The Bertz CT molecular complexity index is 605. The van der Waals surface area contributed by atoms with Gasteiger partial charge in [0, 0.05) is 35.6 Å². The highest BCUT2D eigenvalue weighted by Gasteiger charge is 2.43. The molecule has 1 aromatic rings. The van der Waals surface area contributed by atoms with E-state index in [9.17, 15) is 14.0 Å². The fourth-order valence-corrected chi connectivity index (χ4v) is 3.24. The summed E-state index contributed by atoms with van der Waals surface area (Å²) in [5.74, 6) is -1.85. The molecule has 5 nitrogen and oxygen atoms in total. The Hall–Kier alpha value is -1.82. The number of rotatable bonds is 3. The molecule has 2 N–H and O–H groups in total. The van der Waals surface area contributed by atoms with E-state index >= 15 is 0 Å². The summed E-state index contributed by atoms with van der Waals surface area (Å²) in [5, 5.41) is 12.1. The molecule has 2 fully saturated rings. The summed E-state index contributed by atoms with van der Waals surface area (Å²) in [7, 11) is 0. The molecule has 7 heteroatoms. The van der Waals surface area contributed by atoms with Gasteiger partial charge in [-0.2, -0.15) is 0 Å². The summed E-state index contributed by atoms with van der Waals surface area (Å²) < 4.78 is 13.8. The number of carboxylic acids is 1. The van der Waals surface area contributed by atoms with Gasteiger partial charge in [-0.15, -0.1) is 0 Å². The Labute approximate surface area is 132 Å². The van der Waals surface area contributed by atoms with E-state index in [1.165, 1.54) is 11.0 Å². The standard InChI is InChI=1S/C15H16ClFN2O3/c16-10-2-1-3-11(17)13(10)9-6-12(9)18-15(22)19-5-4-8(7-19)14(20)21/h1-3,8-9,12H,4-7H2,(H,18,22)(H,20,21)/t8?,9-,12-/m1/s1.